The van der Waals surface area contributed by atoms with Crippen molar-refractivity contribution < 1.29 is 9.13 Å². The quantitative estimate of drug-likeness (QED) is 0.369. The third-order valence-electron chi connectivity index (χ3n) is 8.65. The molecule has 0 N–H and O–H groups in total. The van der Waals surface area contributed by atoms with E-state index < -0.39 is 6.30 Å². The maximum absolute atomic E-state index is 13.7. The van der Waals surface area contributed by atoms with Gasteiger partial charge in [0.15, 0.2) is 6.30 Å². The second kappa shape index (κ2) is 9.74. The number of methoxy groups -OCH3 is 1. The fourth-order valence-electron chi connectivity index (χ4n) is 6.08. The predicted molar refractivity (Wildman–Crippen MR) is 154 cm³/mol. The van der Waals surface area contributed by atoms with Gasteiger partial charge in [-0.2, -0.15) is 5.10 Å². The van der Waals surface area contributed by atoms with Gasteiger partial charge in [0.2, 0.25) is 0 Å². The molecule has 0 spiro atoms. The molecule has 0 radical (unpaired) electrons. The lowest BCUT2D eigenvalue weighted by molar-refractivity contribution is 0.245. The lowest BCUT2D eigenvalue weighted by atomic mass is 9.74. The minimum atomic E-state index is -1.15. The number of piperidine rings is 1. The van der Waals surface area contributed by atoms with E-state index in [4.69, 9.17) is 14.7 Å². The van der Waals surface area contributed by atoms with Gasteiger partial charge >= 0.3 is 0 Å². The number of aryl methyl sites for hydroxylation is 1. The highest BCUT2D eigenvalue weighted by atomic mass is 19.1. The molecular weight excluding hydrogens is 491 g/mol. The van der Waals surface area contributed by atoms with Crippen molar-refractivity contribution in [2.75, 3.05) is 25.1 Å². The molecule has 1 saturated heterocycles. The first-order valence-electron chi connectivity index (χ1n) is 13.7. The number of benzene rings is 1. The fourth-order valence-corrected chi connectivity index (χ4v) is 6.08. The topological polar surface area (TPSA) is 68.4 Å². The molecule has 3 aliphatic rings. The molecule has 6 rings (SSSR count). The summed E-state index contributed by atoms with van der Waals surface area (Å²) in [4.78, 5) is 16.8. The van der Waals surface area contributed by atoms with Gasteiger partial charge in [0.05, 0.1) is 19.0 Å². The van der Waals surface area contributed by atoms with Crippen LogP contribution in [0.1, 0.15) is 74.3 Å². The van der Waals surface area contributed by atoms with Crippen LogP contribution in [0.15, 0.2) is 47.6 Å². The lowest BCUT2D eigenvalue weighted by Gasteiger charge is -2.40. The number of hydrogen-bond donors (Lipinski definition) is 0. The minimum absolute atomic E-state index is 0.0515. The summed E-state index contributed by atoms with van der Waals surface area (Å²) < 4.78 is 20.5. The van der Waals surface area contributed by atoms with Crippen molar-refractivity contribution in [3.63, 3.8) is 0 Å². The molecule has 1 aliphatic carbocycles. The molecule has 4 heterocycles. The van der Waals surface area contributed by atoms with Gasteiger partial charge in [-0.25, -0.2) is 19.0 Å². The number of anilines is 1. The van der Waals surface area contributed by atoms with E-state index in [9.17, 15) is 4.39 Å². The third kappa shape index (κ3) is 4.56. The Morgan fingerprint density at radius 1 is 1.08 bits per heavy atom. The van der Waals surface area contributed by atoms with Crippen LogP contribution < -0.4 is 9.64 Å². The van der Waals surface area contributed by atoms with Crippen molar-refractivity contribution >= 4 is 28.8 Å². The molecule has 2 aliphatic heterocycles. The van der Waals surface area contributed by atoms with E-state index >= 15 is 0 Å². The third-order valence-corrected chi connectivity index (χ3v) is 8.65. The largest absolute Gasteiger partial charge is 0.496 e. The molecule has 1 unspecified atom stereocenters. The van der Waals surface area contributed by atoms with Gasteiger partial charge in [-0.05, 0) is 74.1 Å². The average Bonchev–Trinajstić information content (AvgIpc) is 3.67. The molecule has 1 fully saturated rings. The van der Waals surface area contributed by atoms with E-state index in [1.165, 1.54) is 28.5 Å². The molecule has 3 aromatic rings. The predicted octanol–water partition coefficient (Wildman–Crippen LogP) is 6.46. The van der Waals surface area contributed by atoms with E-state index in [1.807, 2.05) is 0 Å². The Labute approximate surface area is 229 Å². The standard InChI is InChI=1S/C31H35FN6O/c1-19-12-22(6-7-28(19)39-5)25-15-29(36-20(25)2)31(4)8-10-37(11-9-31)30-26-13-23(14-27(26)33-18-34-30)24-16-35-38(17-24)21(3)32/h6-7,12-13,16-18,21H,8-11,14-15H2,1-5H3. The van der Waals surface area contributed by atoms with Crippen molar-refractivity contribution in [3.05, 3.63) is 70.6 Å². The molecule has 0 saturated carbocycles. The molecule has 39 heavy (non-hydrogen) atoms. The van der Waals surface area contributed by atoms with Gasteiger partial charge in [-0.1, -0.05) is 13.0 Å². The number of fused-ring (bicyclic) bond motifs is 1. The summed E-state index contributed by atoms with van der Waals surface area (Å²) in [7, 11) is 1.71. The Kier molecular flexibility index (Phi) is 6.36. The Morgan fingerprint density at radius 2 is 1.87 bits per heavy atom. The number of aliphatic imine (C=N–C) groups is 1. The zero-order chi connectivity index (χ0) is 27.3. The van der Waals surface area contributed by atoms with Crippen LogP contribution in [0, 0.1) is 12.3 Å². The highest BCUT2D eigenvalue weighted by molar-refractivity contribution is 6.03. The van der Waals surface area contributed by atoms with Crippen molar-refractivity contribution in [1.29, 1.82) is 0 Å². The van der Waals surface area contributed by atoms with Crippen LogP contribution in [0.4, 0.5) is 10.2 Å². The van der Waals surface area contributed by atoms with Crippen molar-refractivity contribution in [2.24, 2.45) is 10.4 Å². The van der Waals surface area contributed by atoms with Crippen molar-refractivity contribution in [1.82, 2.24) is 19.7 Å². The molecule has 0 bridgehead atoms. The highest BCUT2D eigenvalue weighted by Gasteiger charge is 2.38. The number of hydrogen-bond acceptors (Lipinski definition) is 6. The number of ether oxygens (including phenoxy) is 1. The first-order chi connectivity index (χ1) is 18.8. The summed E-state index contributed by atoms with van der Waals surface area (Å²) in [5, 5.41) is 4.17. The van der Waals surface area contributed by atoms with Crippen molar-refractivity contribution in [3.8, 4) is 5.75 Å². The summed E-state index contributed by atoms with van der Waals surface area (Å²) >= 11 is 0. The zero-order valence-electron chi connectivity index (χ0n) is 23.3. The Balaban J connectivity index is 1.16. The first kappa shape index (κ1) is 25.5. The molecule has 1 atom stereocenters. The Morgan fingerprint density at radius 3 is 2.56 bits per heavy atom. The molecule has 2 aromatic heterocycles. The summed E-state index contributed by atoms with van der Waals surface area (Å²) in [6.07, 6.45) is 9.81. The molecule has 8 heteroatoms. The number of halogens is 1. The number of aromatic nitrogens is 4. The first-order valence-corrected chi connectivity index (χ1v) is 13.7. The SMILES string of the molecule is COc1ccc(C2=C(C)N=C(C3(C)CCN(c4ncnc5c4C=C(c4cnn(C(C)F)c4)C5)CC3)C2)cc1C. The van der Waals surface area contributed by atoms with Crippen LogP contribution >= 0.6 is 0 Å². The number of allylic oxidation sites excluding steroid dienone is 3. The highest BCUT2D eigenvalue weighted by Crippen LogP contribution is 2.43. The minimum Gasteiger partial charge on any atom is -0.496 e. The summed E-state index contributed by atoms with van der Waals surface area (Å²) in [6.45, 7) is 9.89. The fraction of sp³-hybridized carbons (Fsp3) is 0.419. The van der Waals surface area contributed by atoms with Crippen molar-refractivity contribution in [2.45, 2.75) is 59.7 Å². The summed E-state index contributed by atoms with van der Waals surface area (Å²) in [5.41, 5.74) is 10.3. The average molecular weight is 527 g/mol. The Hall–Kier alpha value is -3.81. The van der Waals surface area contributed by atoms with Crippen LogP contribution in [0.25, 0.3) is 17.2 Å². The number of rotatable bonds is 6. The smallest absolute Gasteiger partial charge is 0.188 e. The van der Waals surface area contributed by atoms with Crippen LogP contribution in [-0.2, 0) is 6.42 Å². The number of nitrogens with zero attached hydrogens (tertiary/aromatic N) is 6. The Bertz CT molecular complexity index is 1520. The summed E-state index contributed by atoms with van der Waals surface area (Å²) in [6, 6.07) is 6.41. The zero-order valence-corrected chi connectivity index (χ0v) is 23.3. The second-order valence-electron chi connectivity index (χ2n) is 11.2. The van der Waals surface area contributed by atoms with Gasteiger partial charge in [0.25, 0.3) is 0 Å². The monoisotopic (exact) mass is 526 g/mol. The summed E-state index contributed by atoms with van der Waals surface area (Å²) in [5.74, 6) is 1.90. The second-order valence-corrected chi connectivity index (χ2v) is 11.2. The van der Waals surface area contributed by atoms with E-state index in [1.54, 1.807) is 25.8 Å². The van der Waals surface area contributed by atoms with E-state index in [2.05, 4.69) is 60.0 Å². The maximum atomic E-state index is 13.7. The van der Waals surface area contributed by atoms with Crippen LogP contribution in [-0.4, -0.2) is 45.7 Å². The molecular formula is C31H35FN6O. The van der Waals surface area contributed by atoms with Gasteiger partial charge in [0, 0.05) is 60.1 Å². The van der Waals surface area contributed by atoms with Crippen LogP contribution in [0.5, 0.6) is 5.75 Å². The van der Waals surface area contributed by atoms with Gasteiger partial charge < -0.3 is 9.64 Å². The maximum Gasteiger partial charge on any atom is 0.188 e. The van der Waals surface area contributed by atoms with E-state index in [0.29, 0.717) is 6.42 Å². The normalized spacial score (nSPS) is 19.2. The number of alkyl halides is 1. The van der Waals surface area contributed by atoms with E-state index in [-0.39, 0.29) is 5.41 Å². The van der Waals surface area contributed by atoms with Crippen LogP contribution in [0.3, 0.4) is 0 Å². The van der Waals surface area contributed by atoms with Gasteiger partial charge in [-0.15, -0.1) is 0 Å². The molecule has 7 nitrogen and oxygen atoms in total. The molecule has 1 aromatic carbocycles. The van der Waals surface area contributed by atoms with E-state index in [0.717, 1.165) is 77.6 Å². The van der Waals surface area contributed by atoms with Gasteiger partial charge in [0.1, 0.15) is 17.9 Å². The lowest BCUT2D eigenvalue weighted by Crippen LogP contribution is -2.43. The van der Waals surface area contributed by atoms with Gasteiger partial charge in [-0.3, -0.25) is 4.99 Å². The molecule has 202 valence electrons. The molecule has 0 amide bonds. The van der Waals surface area contributed by atoms with Crippen LogP contribution in [0.2, 0.25) is 0 Å².